The normalized spacial score (nSPS) is 10.7. The number of thiophene rings is 1. The molecule has 0 aliphatic rings. The summed E-state index contributed by atoms with van der Waals surface area (Å²) in [4.78, 5) is 0. The zero-order valence-corrected chi connectivity index (χ0v) is 10.2. The first-order valence-electron chi connectivity index (χ1n) is 4.77. The molecule has 2 nitrogen and oxygen atoms in total. The van der Waals surface area contributed by atoms with Crippen molar-refractivity contribution in [2.24, 2.45) is 0 Å². The minimum absolute atomic E-state index is 0.795. The number of rotatable bonds is 5. The van der Waals surface area contributed by atoms with Gasteiger partial charge in [-0.05, 0) is 30.6 Å². The van der Waals surface area contributed by atoms with Crippen LogP contribution in [-0.2, 0) is 12.3 Å². The van der Waals surface area contributed by atoms with Crippen LogP contribution in [0.25, 0.3) is 0 Å². The van der Waals surface area contributed by atoms with Gasteiger partial charge in [0.2, 0.25) is 0 Å². The van der Waals surface area contributed by atoms with E-state index in [4.69, 9.17) is 4.42 Å². The van der Waals surface area contributed by atoms with Crippen LogP contribution in [0.15, 0.2) is 38.3 Å². The molecule has 0 aliphatic carbocycles. The molecule has 0 saturated heterocycles. The average Bonchev–Trinajstić information content (AvgIpc) is 2.85. The Labute approximate surface area is 97.7 Å². The van der Waals surface area contributed by atoms with E-state index in [1.807, 2.05) is 30.9 Å². The molecule has 2 aromatic heterocycles. The van der Waals surface area contributed by atoms with Crippen molar-refractivity contribution in [2.75, 3.05) is 7.05 Å². The van der Waals surface area contributed by atoms with E-state index in [1.165, 1.54) is 4.21 Å². The minimum Gasteiger partial charge on any atom is -0.464 e. The van der Waals surface area contributed by atoms with Crippen LogP contribution < -0.4 is 5.32 Å². The molecule has 0 fully saturated rings. The van der Waals surface area contributed by atoms with E-state index in [9.17, 15) is 0 Å². The van der Waals surface area contributed by atoms with Gasteiger partial charge in [0.1, 0.15) is 11.5 Å². The summed E-state index contributed by atoms with van der Waals surface area (Å²) in [5.41, 5.74) is 0. The Morgan fingerprint density at radius 2 is 2.20 bits per heavy atom. The number of furan rings is 1. The number of thioether (sulfide) groups is 1. The van der Waals surface area contributed by atoms with Crippen molar-refractivity contribution in [3.8, 4) is 0 Å². The fourth-order valence-corrected chi connectivity index (χ4v) is 2.94. The zero-order chi connectivity index (χ0) is 10.5. The Bertz CT molecular complexity index is 394. The molecule has 0 bridgehead atoms. The molecule has 2 heterocycles. The molecule has 2 rings (SSSR count). The van der Waals surface area contributed by atoms with Gasteiger partial charge in [0.15, 0.2) is 0 Å². The van der Waals surface area contributed by atoms with Crippen molar-refractivity contribution in [1.29, 1.82) is 0 Å². The largest absolute Gasteiger partial charge is 0.464 e. The van der Waals surface area contributed by atoms with Crippen LogP contribution in [0.3, 0.4) is 0 Å². The topological polar surface area (TPSA) is 25.2 Å². The summed E-state index contributed by atoms with van der Waals surface area (Å²) >= 11 is 3.58. The highest BCUT2D eigenvalue weighted by Gasteiger charge is 2.02. The zero-order valence-electron chi connectivity index (χ0n) is 8.53. The van der Waals surface area contributed by atoms with Crippen LogP contribution >= 0.6 is 23.1 Å². The minimum atomic E-state index is 0.795. The van der Waals surface area contributed by atoms with Gasteiger partial charge < -0.3 is 9.73 Å². The van der Waals surface area contributed by atoms with Crippen molar-refractivity contribution in [2.45, 2.75) is 16.5 Å². The third-order valence-corrected chi connectivity index (χ3v) is 4.07. The maximum atomic E-state index is 5.64. The lowest BCUT2D eigenvalue weighted by Gasteiger charge is -1.96. The SMILES string of the molecule is CNCc1ccc(CSc2cccs2)o1. The van der Waals surface area contributed by atoms with Crippen LogP contribution in [0.1, 0.15) is 11.5 Å². The standard InChI is InChI=1S/C11H13NOS2/c1-12-7-9-4-5-10(13-9)8-15-11-3-2-6-14-11/h2-6,12H,7-8H2,1H3. The van der Waals surface area contributed by atoms with E-state index in [1.54, 1.807) is 11.3 Å². The van der Waals surface area contributed by atoms with Gasteiger partial charge in [-0.25, -0.2) is 0 Å². The first-order chi connectivity index (χ1) is 7.38. The molecule has 0 radical (unpaired) electrons. The van der Waals surface area contributed by atoms with Gasteiger partial charge in [0.25, 0.3) is 0 Å². The molecule has 1 N–H and O–H groups in total. The first-order valence-corrected chi connectivity index (χ1v) is 6.63. The third-order valence-electron chi connectivity index (χ3n) is 1.92. The fourth-order valence-electron chi connectivity index (χ4n) is 1.26. The van der Waals surface area contributed by atoms with Crippen LogP contribution in [0.5, 0.6) is 0 Å². The monoisotopic (exact) mass is 239 g/mol. The molecule has 0 amide bonds. The molecule has 2 aromatic rings. The van der Waals surface area contributed by atoms with Gasteiger partial charge in [0, 0.05) is 0 Å². The molecule has 0 spiro atoms. The van der Waals surface area contributed by atoms with Crippen LogP contribution in [0.4, 0.5) is 0 Å². The molecule has 0 aromatic carbocycles. The maximum Gasteiger partial charge on any atom is 0.117 e. The quantitative estimate of drug-likeness (QED) is 0.810. The van der Waals surface area contributed by atoms with Crippen molar-refractivity contribution >= 4 is 23.1 Å². The lowest BCUT2D eigenvalue weighted by molar-refractivity contribution is 0.469. The highest BCUT2D eigenvalue weighted by atomic mass is 32.2. The molecule has 0 atom stereocenters. The van der Waals surface area contributed by atoms with E-state index in [0.29, 0.717) is 0 Å². The Kier molecular flexibility index (Phi) is 3.88. The summed E-state index contributed by atoms with van der Waals surface area (Å²) in [5.74, 6) is 2.95. The molecular formula is C11H13NOS2. The second kappa shape index (κ2) is 5.39. The van der Waals surface area contributed by atoms with Crippen LogP contribution in [0.2, 0.25) is 0 Å². The van der Waals surface area contributed by atoms with Crippen LogP contribution in [-0.4, -0.2) is 7.05 Å². The summed E-state index contributed by atoms with van der Waals surface area (Å²) in [6, 6.07) is 8.28. The summed E-state index contributed by atoms with van der Waals surface area (Å²) in [5, 5.41) is 5.16. The number of nitrogens with one attached hydrogen (secondary N) is 1. The number of hydrogen-bond acceptors (Lipinski definition) is 4. The predicted octanol–water partition coefficient (Wildman–Crippen LogP) is 3.35. The predicted molar refractivity (Wildman–Crippen MR) is 65.4 cm³/mol. The molecule has 0 aliphatic heterocycles. The van der Waals surface area contributed by atoms with E-state index in [-0.39, 0.29) is 0 Å². The molecule has 0 saturated carbocycles. The molecular weight excluding hydrogens is 226 g/mol. The van der Waals surface area contributed by atoms with Crippen molar-refractivity contribution < 1.29 is 4.42 Å². The second-order valence-corrected chi connectivity index (χ2v) is 5.34. The fraction of sp³-hybridized carbons (Fsp3) is 0.273. The van der Waals surface area contributed by atoms with Gasteiger partial charge in [-0.1, -0.05) is 6.07 Å². The van der Waals surface area contributed by atoms with E-state index < -0.39 is 0 Å². The lowest BCUT2D eigenvalue weighted by Crippen LogP contribution is -2.03. The van der Waals surface area contributed by atoms with Crippen molar-refractivity contribution in [1.82, 2.24) is 5.32 Å². The van der Waals surface area contributed by atoms with Gasteiger partial charge in [0.05, 0.1) is 16.5 Å². The van der Waals surface area contributed by atoms with Crippen LogP contribution in [0, 0.1) is 0 Å². The van der Waals surface area contributed by atoms with Gasteiger partial charge in [-0.15, -0.1) is 23.1 Å². The van der Waals surface area contributed by atoms with Crippen molar-refractivity contribution in [3.63, 3.8) is 0 Å². The Morgan fingerprint density at radius 3 is 2.93 bits per heavy atom. The summed E-state index contributed by atoms with van der Waals surface area (Å²) in [7, 11) is 1.92. The highest BCUT2D eigenvalue weighted by Crippen LogP contribution is 2.27. The summed E-state index contributed by atoms with van der Waals surface area (Å²) in [6.45, 7) is 0.795. The van der Waals surface area contributed by atoms with E-state index >= 15 is 0 Å². The maximum absolute atomic E-state index is 5.64. The molecule has 80 valence electrons. The van der Waals surface area contributed by atoms with Gasteiger partial charge in [-0.3, -0.25) is 0 Å². The highest BCUT2D eigenvalue weighted by molar-refractivity contribution is 8.00. The molecule has 15 heavy (non-hydrogen) atoms. The molecule has 4 heteroatoms. The summed E-state index contributed by atoms with van der Waals surface area (Å²) in [6.07, 6.45) is 0. The Morgan fingerprint density at radius 1 is 1.33 bits per heavy atom. The van der Waals surface area contributed by atoms with E-state index in [0.717, 1.165) is 23.8 Å². The average molecular weight is 239 g/mol. The number of hydrogen-bond donors (Lipinski definition) is 1. The lowest BCUT2D eigenvalue weighted by atomic mass is 10.4. The van der Waals surface area contributed by atoms with Gasteiger partial charge >= 0.3 is 0 Å². The Balaban J connectivity index is 1.88. The smallest absolute Gasteiger partial charge is 0.117 e. The second-order valence-electron chi connectivity index (χ2n) is 3.12. The van der Waals surface area contributed by atoms with Crippen molar-refractivity contribution in [3.05, 3.63) is 41.2 Å². The Hall–Kier alpha value is -0.710. The van der Waals surface area contributed by atoms with E-state index in [2.05, 4.69) is 22.8 Å². The van der Waals surface area contributed by atoms with Gasteiger partial charge in [-0.2, -0.15) is 0 Å². The molecule has 0 unspecified atom stereocenters. The third kappa shape index (κ3) is 3.12. The first kappa shape index (κ1) is 10.8. The summed E-state index contributed by atoms with van der Waals surface area (Å²) < 4.78 is 6.98.